The number of benzene rings is 2. The Kier molecular flexibility index (Phi) is 15.6. The van der Waals surface area contributed by atoms with Gasteiger partial charge >= 0.3 is 6.09 Å². The van der Waals surface area contributed by atoms with Crippen LogP contribution in [-0.4, -0.2) is 106 Å². The number of hydrogen-bond acceptors (Lipinski definition) is 15. The quantitative estimate of drug-likeness (QED) is 0.0851. The number of thioether (sulfide) groups is 1. The molecule has 0 bridgehead atoms. The highest BCUT2D eigenvalue weighted by Crippen LogP contribution is 2.44. The number of ketones is 1. The number of imidazole rings is 1. The number of aromatic nitrogens is 4. The van der Waals surface area contributed by atoms with Crippen molar-refractivity contribution >= 4 is 52.4 Å². The first-order valence-electron chi connectivity index (χ1n) is 20.5. The van der Waals surface area contributed by atoms with Crippen LogP contribution in [0.2, 0.25) is 0 Å². The fourth-order valence-electron chi connectivity index (χ4n) is 7.35. The number of alkyl carbamates (subject to hydrolysis) is 1. The van der Waals surface area contributed by atoms with Crippen LogP contribution in [0.5, 0.6) is 11.5 Å². The van der Waals surface area contributed by atoms with E-state index in [1.165, 1.54) is 18.1 Å². The number of carbonyl (C=O) groups is 4. The Morgan fingerprint density at radius 1 is 0.968 bits per heavy atom. The van der Waals surface area contributed by atoms with Gasteiger partial charge in [0.2, 0.25) is 11.8 Å². The molecular weight excluding hydrogens is 821 g/mol. The number of ether oxygens (including phenoxy) is 6. The second-order valence-electron chi connectivity index (χ2n) is 16.1. The van der Waals surface area contributed by atoms with E-state index in [0.29, 0.717) is 48.7 Å². The number of hydrogen-bond donors (Lipinski definition) is 4. The van der Waals surface area contributed by atoms with Crippen LogP contribution in [-0.2, 0) is 46.5 Å². The predicted octanol–water partition coefficient (Wildman–Crippen LogP) is 4.51. The van der Waals surface area contributed by atoms with Crippen molar-refractivity contribution in [2.24, 2.45) is 17.6 Å². The van der Waals surface area contributed by atoms with E-state index in [9.17, 15) is 19.2 Å². The standard InChI is InChI=1S/C43H56N8O10S/c1-25(2)17-28(40(54)50-32(37(44)53)15-16-62-6)18-29(52)20-46-42(55)58-22-33-35-36(61-43(3,4)60-35)41(59-33)51-24-49-34-38(47-23-48-39(34)51)45-19-26-7-13-31(14-8-26)57-21-27-9-11-30(56-5)12-10-27/h7-14,23-25,28,32-33,35-36,41H,15-22H2,1-6H3,(H2,44,53)(H,46,55)(H,50,54)(H,45,47,48)/t28-,32+,33-,35?,36+,41-/m1/s1. The first-order chi connectivity index (χ1) is 29.7. The predicted molar refractivity (Wildman–Crippen MR) is 230 cm³/mol. The zero-order valence-corrected chi connectivity index (χ0v) is 36.6. The minimum Gasteiger partial charge on any atom is -0.497 e. The average molecular weight is 877 g/mol. The van der Waals surface area contributed by atoms with Crippen molar-refractivity contribution in [3.05, 3.63) is 72.3 Å². The van der Waals surface area contributed by atoms with E-state index in [4.69, 9.17) is 34.2 Å². The number of methoxy groups -OCH3 is 1. The maximum absolute atomic E-state index is 13.1. The molecule has 2 aromatic carbocycles. The van der Waals surface area contributed by atoms with E-state index in [1.807, 2.05) is 68.6 Å². The van der Waals surface area contributed by atoms with Gasteiger partial charge in [-0.15, -0.1) is 0 Å². The molecule has 18 nitrogen and oxygen atoms in total. The third kappa shape index (κ3) is 12.1. The monoisotopic (exact) mass is 876 g/mol. The Morgan fingerprint density at radius 2 is 1.68 bits per heavy atom. The van der Waals surface area contributed by atoms with Gasteiger partial charge in [-0.3, -0.25) is 19.0 Å². The van der Waals surface area contributed by atoms with Crippen LogP contribution in [0.15, 0.2) is 61.2 Å². The van der Waals surface area contributed by atoms with Crippen LogP contribution in [0.3, 0.4) is 0 Å². The van der Waals surface area contributed by atoms with Crippen LogP contribution in [0.4, 0.5) is 10.6 Å². The molecule has 1 unspecified atom stereocenters. The average Bonchev–Trinajstić information content (AvgIpc) is 3.92. The van der Waals surface area contributed by atoms with Crippen LogP contribution >= 0.6 is 11.8 Å². The summed E-state index contributed by atoms with van der Waals surface area (Å²) in [5.41, 5.74) is 8.55. The summed E-state index contributed by atoms with van der Waals surface area (Å²) >= 11 is 1.53. The maximum atomic E-state index is 13.1. The molecule has 6 rings (SSSR count). The van der Waals surface area contributed by atoms with Crippen molar-refractivity contribution in [2.45, 2.75) is 96.5 Å². The molecule has 0 radical (unpaired) electrons. The summed E-state index contributed by atoms with van der Waals surface area (Å²) < 4.78 is 37.3. The van der Waals surface area contributed by atoms with Crippen LogP contribution in [0, 0.1) is 11.8 Å². The van der Waals surface area contributed by atoms with Crippen LogP contribution in [0.25, 0.3) is 11.2 Å². The van der Waals surface area contributed by atoms with Gasteiger partial charge in [-0.25, -0.2) is 19.7 Å². The van der Waals surface area contributed by atoms with Gasteiger partial charge in [0.15, 0.2) is 34.8 Å². The molecule has 2 aromatic heterocycles. The fourth-order valence-corrected chi connectivity index (χ4v) is 7.82. The highest BCUT2D eigenvalue weighted by Gasteiger charge is 2.56. The number of carbonyl (C=O) groups excluding carboxylic acids is 4. The Labute approximate surface area is 364 Å². The van der Waals surface area contributed by atoms with E-state index in [1.54, 1.807) is 31.9 Å². The second-order valence-corrected chi connectivity index (χ2v) is 17.1. The summed E-state index contributed by atoms with van der Waals surface area (Å²) in [5.74, 6) is -0.303. The second kappa shape index (κ2) is 21.0. The molecule has 4 heterocycles. The minimum atomic E-state index is -0.954. The summed E-state index contributed by atoms with van der Waals surface area (Å²) in [5, 5.41) is 8.54. The third-order valence-corrected chi connectivity index (χ3v) is 11.0. The van der Waals surface area contributed by atoms with E-state index < -0.39 is 60.2 Å². The highest BCUT2D eigenvalue weighted by atomic mass is 32.2. The molecule has 0 saturated carbocycles. The van der Waals surface area contributed by atoms with Gasteiger partial charge in [0.25, 0.3) is 0 Å². The zero-order valence-electron chi connectivity index (χ0n) is 35.8. The number of nitrogens with zero attached hydrogens (tertiary/aromatic N) is 4. The Hall–Kier alpha value is -5.50. The van der Waals surface area contributed by atoms with Gasteiger partial charge < -0.3 is 50.1 Å². The molecule has 4 aromatic rings. The van der Waals surface area contributed by atoms with Crippen molar-refractivity contribution in [1.82, 2.24) is 30.2 Å². The molecule has 2 aliphatic rings. The van der Waals surface area contributed by atoms with E-state index in [-0.39, 0.29) is 31.3 Å². The third-order valence-electron chi connectivity index (χ3n) is 10.4. The van der Waals surface area contributed by atoms with Crippen LogP contribution < -0.4 is 31.2 Å². The lowest BCUT2D eigenvalue weighted by Crippen LogP contribution is -2.47. The molecule has 2 fully saturated rings. The van der Waals surface area contributed by atoms with Gasteiger partial charge in [0.1, 0.15) is 55.4 Å². The van der Waals surface area contributed by atoms with Crippen LogP contribution in [0.1, 0.15) is 64.3 Å². The molecule has 0 aliphatic carbocycles. The zero-order chi connectivity index (χ0) is 44.4. The molecule has 6 atom stereocenters. The normalized spacial score (nSPS) is 20.0. The lowest BCUT2D eigenvalue weighted by Gasteiger charge is -2.24. The van der Waals surface area contributed by atoms with E-state index >= 15 is 0 Å². The van der Waals surface area contributed by atoms with Gasteiger partial charge in [0, 0.05) is 18.9 Å². The molecule has 2 aliphatic heterocycles. The summed E-state index contributed by atoms with van der Waals surface area (Å²) in [6.45, 7) is 7.77. The SMILES string of the molecule is COc1ccc(COc2ccc(CNc3ncnc4c3ncn4[C@@H]3O[C@H](COC(=O)NCC(=O)C[C@@H](CC(C)C)C(=O)N[C@@H](CCSC)C(N)=O)C4OC(C)(C)O[C@@H]43)cc2)cc1. The molecule has 5 N–H and O–H groups in total. The van der Waals surface area contributed by atoms with Gasteiger partial charge in [-0.2, -0.15) is 11.8 Å². The Morgan fingerprint density at radius 3 is 2.37 bits per heavy atom. The summed E-state index contributed by atoms with van der Waals surface area (Å²) in [7, 11) is 1.63. The molecular formula is C43H56N8O10S. The largest absolute Gasteiger partial charge is 0.497 e. The number of nitrogens with one attached hydrogen (secondary N) is 3. The van der Waals surface area contributed by atoms with Crippen molar-refractivity contribution < 1.29 is 47.6 Å². The molecule has 0 spiro atoms. The van der Waals surface area contributed by atoms with Gasteiger partial charge in [-0.05, 0) is 80.0 Å². The van der Waals surface area contributed by atoms with E-state index in [0.717, 1.165) is 22.6 Å². The number of anilines is 1. The van der Waals surface area contributed by atoms with Crippen molar-refractivity contribution in [3.63, 3.8) is 0 Å². The Balaban J connectivity index is 1.02. The fraction of sp³-hybridized carbons (Fsp3) is 0.512. The summed E-state index contributed by atoms with van der Waals surface area (Å²) in [4.78, 5) is 64.5. The van der Waals surface area contributed by atoms with E-state index in [2.05, 4.69) is 30.9 Å². The minimum absolute atomic E-state index is 0.0971. The molecule has 19 heteroatoms. The summed E-state index contributed by atoms with van der Waals surface area (Å²) in [6, 6.07) is 14.7. The number of amides is 3. The van der Waals surface area contributed by atoms with Crippen molar-refractivity contribution in [1.29, 1.82) is 0 Å². The number of fused-ring (bicyclic) bond motifs is 2. The van der Waals surface area contributed by atoms with Crippen molar-refractivity contribution in [2.75, 3.05) is 37.6 Å². The van der Waals surface area contributed by atoms with Crippen molar-refractivity contribution in [3.8, 4) is 11.5 Å². The van der Waals surface area contributed by atoms with Gasteiger partial charge in [-0.1, -0.05) is 38.1 Å². The number of Topliss-reactive ketones (excluding diaryl/α,β-unsaturated/α-hetero) is 1. The smallest absolute Gasteiger partial charge is 0.407 e. The summed E-state index contributed by atoms with van der Waals surface area (Å²) in [6.07, 6.45) is 2.05. The molecule has 62 heavy (non-hydrogen) atoms. The maximum Gasteiger partial charge on any atom is 0.407 e. The Bertz CT molecular complexity index is 2150. The number of rotatable bonds is 22. The first kappa shape index (κ1) is 46.0. The first-order valence-corrected chi connectivity index (χ1v) is 21.9. The highest BCUT2D eigenvalue weighted by molar-refractivity contribution is 7.98. The molecule has 2 saturated heterocycles. The molecule has 334 valence electrons. The lowest BCUT2D eigenvalue weighted by atomic mass is 9.91. The molecule has 3 amide bonds. The lowest BCUT2D eigenvalue weighted by molar-refractivity contribution is -0.199. The topological polar surface area (TPSA) is 229 Å². The number of nitrogens with two attached hydrogens (primary N) is 1. The number of primary amides is 1. The van der Waals surface area contributed by atoms with Gasteiger partial charge in [0.05, 0.1) is 20.0 Å².